The Morgan fingerprint density at radius 1 is 1.40 bits per heavy atom. The lowest BCUT2D eigenvalue weighted by molar-refractivity contribution is -0.189. The molecule has 0 spiro atoms. The molecule has 0 fully saturated rings. The van der Waals surface area contributed by atoms with Gasteiger partial charge in [-0.25, -0.2) is 4.98 Å². The third kappa shape index (κ3) is 3.09. The lowest BCUT2D eigenvalue weighted by Crippen LogP contribution is -2.31. The molecule has 2 heterocycles. The van der Waals surface area contributed by atoms with Crippen molar-refractivity contribution in [2.75, 3.05) is 11.9 Å². The van der Waals surface area contributed by atoms with E-state index in [1.54, 1.807) is 0 Å². The first-order valence-electron chi connectivity index (χ1n) is 6.10. The average Bonchev–Trinajstić information content (AvgIpc) is 2.83. The standard InChI is InChI=1S/C11H14F3N5O/c1-3-4-15-10-18-8-7(16-5-17-8)9(19-10)20-6(2)11(12,13)14/h5-6H,3-4H2,1-2H3,(H2,15,16,17,18,19). The number of halogens is 3. The van der Waals surface area contributed by atoms with E-state index in [2.05, 4.69) is 25.3 Å². The second-order valence-electron chi connectivity index (χ2n) is 4.18. The van der Waals surface area contributed by atoms with Gasteiger partial charge in [0.15, 0.2) is 11.8 Å². The molecule has 2 rings (SSSR count). The Hall–Kier alpha value is -2.06. The minimum Gasteiger partial charge on any atom is -0.463 e. The molecule has 0 saturated carbocycles. The number of nitrogens with one attached hydrogen (secondary N) is 2. The van der Waals surface area contributed by atoms with Crippen LogP contribution in [0.5, 0.6) is 5.88 Å². The molecule has 1 unspecified atom stereocenters. The van der Waals surface area contributed by atoms with Crippen molar-refractivity contribution in [3.05, 3.63) is 6.33 Å². The molecule has 0 radical (unpaired) electrons. The molecule has 0 aliphatic rings. The van der Waals surface area contributed by atoms with Crippen LogP contribution in [-0.2, 0) is 0 Å². The van der Waals surface area contributed by atoms with Crippen LogP contribution in [0.1, 0.15) is 20.3 Å². The Labute approximate surface area is 112 Å². The van der Waals surface area contributed by atoms with Gasteiger partial charge in [-0.15, -0.1) is 0 Å². The molecule has 0 amide bonds. The van der Waals surface area contributed by atoms with Gasteiger partial charge in [-0.3, -0.25) is 0 Å². The number of hydrogen-bond acceptors (Lipinski definition) is 5. The van der Waals surface area contributed by atoms with E-state index in [0.717, 1.165) is 13.3 Å². The van der Waals surface area contributed by atoms with Crippen molar-refractivity contribution in [2.24, 2.45) is 0 Å². The van der Waals surface area contributed by atoms with Gasteiger partial charge in [-0.1, -0.05) is 6.92 Å². The Kier molecular flexibility index (Phi) is 3.96. The van der Waals surface area contributed by atoms with Crippen molar-refractivity contribution in [1.29, 1.82) is 0 Å². The molecule has 2 N–H and O–H groups in total. The SMILES string of the molecule is CCCNc1nc(OC(C)C(F)(F)F)c2[nH]cnc2n1. The van der Waals surface area contributed by atoms with E-state index < -0.39 is 12.3 Å². The van der Waals surface area contributed by atoms with Crippen molar-refractivity contribution in [3.63, 3.8) is 0 Å². The predicted octanol–water partition coefficient (Wildman–Crippen LogP) is 2.50. The first-order valence-corrected chi connectivity index (χ1v) is 6.10. The molecule has 9 heteroatoms. The molecule has 0 saturated heterocycles. The maximum atomic E-state index is 12.6. The summed E-state index contributed by atoms with van der Waals surface area (Å²) >= 11 is 0. The lowest BCUT2D eigenvalue weighted by Gasteiger charge is -2.17. The molecule has 2 aromatic rings. The van der Waals surface area contributed by atoms with Gasteiger partial charge in [0.05, 0.1) is 6.33 Å². The highest BCUT2D eigenvalue weighted by Gasteiger charge is 2.38. The van der Waals surface area contributed by atoms with Crippen molar-refractivity contribution < 1.29 is 17.9 Å². The summed E-state index contributed by atoms with van der Waals surface area (Å²) < 4.78 is 42.5. The fourth-order valence-electron chi connectivity index (χ4n) is 1.44. The number of rotatable bonds is 5. The van der Waals surface area contributed by atoms with E-state index in [4.69, 9.17) is 4.74 Å². The van der Waals surface area contributed by atoms with Crippen LogP contribution < -0.4 is 10.1 Å². The zero-order chi connectivity index (χ0) is 14.8. The maximum absolute atomic E-state index is 12.6. The van der Waals surface area contributed by atoms with Crippen LogP contribution in [0.25, 0.3) is 11.2 Å². The van der Waals surface area contributed by atoms with E-state index in [9.17, 15) is 13.2 Å². The molecular weight excluding hydrogens is 275 g/mol. The van der Waals surface area contributed by atoms with E-state index in [-0.39, 0.29) is 23.0 Å². The highest BCUT2D eigenvalue weighted by molar-refractivity contribution is 5.76. The summed E-state index contributed by atoms with van der Waals surface area (Å²) in [5, 5.41) is 2.89. The third-order valence-corrected chi connectivity index (χ3v) is 2.53. The van der Waals surface area contributed by atoms with Gasteiger partial charge in [-0.2, -0.15) is 23.1 Å². The van der Waals surface area contributed by atoms with Crippen LogP contribution in [0.15, 0.2) is 6.33 Å². The number of hydrogen-bond donors (Lipinski definition) is 2. The molecule has 0 aliphatic heterocycles. The number of fused-ring (bicyclic) bond motifs is 1. The van der Waals surface area contributed by atoms with Crippen LogP contribution in [-0.4, -0.2) is 38.8 Å². The number of anilines is 1. The smallest absolute Gasteiger partial charge is 0.425 e. The summed E-state index contributed by atoms with van der Waals surface area (Å²) in [5.41, 5.74) is 0.492. The van der Waals surface area contributed by atoms with E-state index in [1.807, 2.05) is 6.92 Å². The molecule has 6 nitrogen and oxygen atoms in total. The summed E-state index contributed by atoms with van der Waals surface area (Å²) in [6, 6.07) is 0. The van der Waals surface area contributed by atoms with Crippen LogP contribution in [0.2, 0.25) is 0 Å². The minimum absolute atomic E-state index is 0.170. The van der Waals surface area contributed by atoms with Crippen molar-refractivity contribution in [2.45, 2.75) is 32.5 Å². The molecule has 0 aromatic carbocycles. The Morgan fingerprint density at radius 3 is 2.80 bits per heavy atom. The number of aromatic nitrogens is 4. The highest BCUT2D eigenvalue weighted by atomic mass is 19.4. The van der Waals surface area contributed by atoms with Gasteiger partial charge in [-0.05, 0) is 13.3 Å². The third-order valence-electron chi connectivity index (χ3n) is 2.53. The average molecular weight is 289 g/mol. The van der Waals surface area contributed by atoms with E-state index in [0.29, 0.717) is 6.54 Å². The van der Waals surface area contributed by atoms with Gasteiger partial charge in [0.1, 0.15) is 5.52 Å². The van der Waals surface area contributed by atoms with Crippen LogP contribution >= 0.6 is 0 Å². The molecule has 20 heavy (non-hydrogen) atoms. The largest absolute Gasteiger partial charge is 0.463 e. The number of imidazole rings is 1. The van der Waals surface area contributed by atoms with Gasteiger partial charge >= 0.3 is 6.18 Å². The molecule has 2 aromatic heterocycles. The Bertz CT molecular complexity index is 583. The molecule has 0 aliphatic carbocycles. The fourth-order valence-corrected chi connectivity index (χ4v) is 1.44. The van der Waals surface area contributed by atoms with Crippen LogP contribution in [0, 0.1) is 0 Å². The number of alkyl halides is 3. The first kappa shape index (κ1) is 14.4. The summed E-state index contributed by atoms with van der Waals surface area (Å²) in [4.78, 5) is 14.6. The zero-order valence-electron chi connectivity index (χ0n) is 11.0. The normalized spacial score (nSPS) is 13.4. The van der Waals surface area contributed by atoms with Gasteiger partial charge in [0.2, 0.25) is 11.8 Å². The number of ether oxygens (including phenoxy) is 1. The zero-order valence-corrected chi connectivity index (χ0v) is 11.0. The summed E-state index contributed by atoms with van der Waals surface area (Å²) in [7, 11) is 0. The van der Waals surface area contributed by atoms with Crippen molar-refractivity contribution in [3.8, 4) is 5.88 Å². The Morgan fingerprint density at radius 2 is 2.15 bits per heavy atom. The molecule has 110 valence electrons. The van der Waals surface area contributed by atoms with Crippen molar-refractivity contribution >= 4 is 17.1 Å². The summed E-state index contributed by atoms with van der Waals surface area (Å²) in [6.45, 7) is 3.47. The minimum atomic E-state index is -4.46. The number of nitrogens with zero attached hydrogens (tertiary/aromatic N) is 3. The fraction of sp³-hybridized carbons (Fsp3) is 0.545. The predicted molar refractivity (Wildman–Crippen MR) is 66.6 cm³/mol. The second kappa shape index (κ2) is 5.51. The summed E-state index contributed by atoms with van der Waals surface area (Å²) in [5.74, 6) is 0.0201. The van der Waals surface area contributed by atoms with Crippen LogP contribution in [0.3, 0.4) is 0 Å². The van der Waals surface area contributed by atoms with Crippen LogP contribution in [0.4, 0.5) is 19.1 Å². The lowest BCUT2D eigenvalue weighted by atomic mass is 10.4. The summed E-state index contributed by atoms with van der Waals surface area (Å²) in [6.07, 6.45) is -4.28. The number of H-pyrrole nitrogens is 1. The molecular formula is C11H14F3N5O. The number of aromatic amines is 1. The maximum Gasteiger partial charge on any atom is 0.425 e. The Balaban J connectivity index is 2.32. The molecule has 1 atom stereocenters. The highest BCUT2D eigenvalue weighted by Crippen LogP contribution is 2.27. The first-order chi connectivity index (χ1) is 9.41. The van der Waals surface area contributed by atoms with Crippen molar-refractivity contribution in [1.82, 2.24) is 19.9 Å². The van der Waals surface area contributed by atoms with E-state index in [1.165, 1.54) is 6.33 Å². The van der Waals surface area contributed by atoms with Gasteiger partial charge in [0.25, 0.3) is 0 Å². The monoisotopic (exact) mass is 289 g/mol. The van der Waals surface area contributed by atoms with E-state index >= 15 is 0 Å². The second-order valence-corrected chi connectivity index (χ2v) is 4.18. The quantitative estimate of drug-likeness (QED) is 0.884. The molecule has 0 bridgehead atoms. The van der Waals surface area contributed by atoms with Gasteiger partial charge in [0, 0.05) is 6.54 Å². The van der Waals surface area contributed by atoms with Gasteiger partial charge < -0.3 is 15.0 Å². The topological polar surface area (TPSA) is 75.7 Å².